The van der Waals surface area contributed by atoms with Crippen molar-refractivity contribution in [3.8, 4) is 0 Å². The Morgan fingerprint density at radius 3 is 2.29 bits per heavy atom. The highest BCUT2D eigenvalue weighted by Gasteiger charge is 2.56. The summed E-state index contributed by atoms with van der Waals surface area (Å²) in [6, 6.07) is -0.455. The molecule has 1 spiro atoms. The first kappa shape index (κ1) is 27.3. The molecule has 5 aliphatic rings. The lowest BCUT2D eigenvalue weighted by molar-refractivity contribution is -0.139. The van der Waals surface area contributed by atoms with E-state index in [1.54, 1.807) is 11.9 Å². The van der Waals surface area contributed by atoms with Crippen molar-refractivity contribution in [2.24, 2.45) is 11.8 Å². The lowest BCUT2D eigenvalue weighted by atomic mass is 9.76. The average Bonchev–Trinajstić information content (AvgIpc) is 3.43. The molecule has 2 aliphatic heterocycles. The van der Waals surface area contributed by atoms with Gasteiger partial charge in [-0.1, -0.05) is 18.6 Å². The molecular formula is C29H41N3O5S. The zero-order chi connectivity index (χ0) is 27.2. The molecule has 38 heavy (non-hydrogen) atoms. The average molecular weight is 544 g/mol. The van der Waals surface area contributed by atoms with Gasteiger partial charge in [0.1, 0.15) is 10.4 Å². The Morgan fingerprint density at radius 1 is 1.05 bits per heavy atom. The highest BCUT2D eigenvalue weighted by atomic mass is 32.2. The number of amides is 4. The Bertz CT molecular complexity index is 1070. The molecule has 9 heteroatoms. The highest BCUT2D eigenvalue weighted by Crippen LogP contribution is 2.48. The molecule has 2 heterocycles. The number of carbonyl (C=O) groups excluding carboxylic acids is 3. The zero-order valence-corrected chi connectivity index (χ0v) is 23.7. The third-order valence-electron chi connectivity index (χ3n) is 9.79. The Kier molecular flexibility index (Phi) is 7.68. The monoisotopic (exact) mass is 543 g/mol. The van der Waals surface area contributed by atoms with Crippen molar-refractivity contribution in [2.45, 2.75) is 107 Å². The standard InChI is InChI=1S/C29H41N3O5S/c1-18-9-11-20(12-10-18)25(33)32(21-13-15-29(16-14-21)27(36)30(2)28(37)31(29)3)22-17-23(38-24(22)26(34)35)19-7-5-4-6-8-19/h7,18,20-21,23H,4-6,8-17H2,1-3H3,(H,34,35). The Morgan fingerprint density at radius 2 is 1.74 bits per heavy atom. The van der Waals surface area contributed by atoms with Crippen LogP contribution >= 0.6 is 11.8 Å². The fourth-order valence-electron chi connectivity index (χ4n) is 7.34. The molecule has 3 aliphatic carbocycles. The summed E-state index contributed by atoms with van der Waals surface area (Å²) >= 11 is 1.41. The van der Waals surface area contributed by atoms with Gasteiger partial charge in [0, 0.05) is 43.4 Å². The van der Waals surface area contributed by atoms with E-state index in [4.69, 9.17) is 0 Å². The van der Waals surface area contributed by atoms with Crippen LogP contribution in [-0.4, -0.2) is 74.5 Å². The molecule has 3 fully saturated rings. The van der Waals surface area contributed by atoms with Crippen molar-refractivity contribution < 1.29 is 24.3 Å². The van der Waals surface area contributed by atoms with Crippen LogP contribution in [0.25, 0.3) is 0 Å². The minimum absolute atomic E-state index is 0.0600. The number of rotatable bonds is 5. The third kappa shape index (κ3) is 4.69. The van der Waals surface area contributed by atoms with E-state index >= 15 is 0 Å². The number of thioether (sulfide) groups is 1. The van der Waals surface area contributed by atoms with Crippen molar-refractivity contribution in [3.63, 3.8) is 0 Å². The summed E-state index contributed by atoms with van der Waals surface area (Å²) in [5.41, 5.74) is 1.13. The van der Waals surface area contributed by atoms with Crippen LogP contribution in [0.2, 0.25) is 0 Å². The second-order valence-corrected chi connectivity index (χ2v) is 13.3. The van der Waals surface area contributed by atoms with Gasteiger partial charge in [-0.25, -0.2) is 9.59 Å². The molecule has 8 nitrogen and oxygen atoms in total. The van der Waals surface area contributed by atoms with Crippen molar-refractivity contribution in [2.75, 3.05) is 14.1 Å². The molecule has 208 valence electrons. The van der Waals surface area contributed by atoms with Crippen LogP contribution in [0.15, 0.2) is 22.3 Å². The number of carbonyl (C=O) groups is 4. The van der Waals surface area contributed by atoms with E-state index in [0.717, 1.165) is 44.9 Å². The van der Waals surface area contributed by atoms with Gasteiger partial charge >= 0.3 is 12.0 Å². The number of carboxylic acids is 1. The fraction of sp³-hybridized carbons (Fsp3) is 0.724. The summed E-state index contributed by atoms with van der Waals surface area (Å²) in [6.45, 7) is 2.23. The molecule has 1 N–H and O–H groups in total. The van der Waals surface area contributed by atoms with Gasteiger partial charge in [0.05, 0.1) is 0 Å². The predicted octanol–water partition coefficient (Wildman–Crippen LogP) is 5.15. The molecule has 4 amide bonds. The summed E-state index contributed by atoms with van der Waals surface area (Å²) in [6.07, 6.45) is 13.0. The molecule has 2 saturated carbocycles. The van der Waals surface area contributed by atoms with Crippen LogP contribution in [0.5, 0.6) is 0 Å². The van der Waals surface area contributed by atoms with Gasteiger partial charge in [0.2, 0.25) is 5.91 Å². The lowest BCUT2D eigenvalue weighted by Gasteiger charge is -2.44. The number of allylic oxidation sites excluding steroid dienone is 2. The van der Waals surface area contributed by atoms with Crippen LogP contribution in [0.3, 0.4) is 0 Å². The van der Waals surface area contributed by atoms with Gasteiger partial charge in [-0.15, -0.1) is 11.8 Å². The van der Waals surface area contributed by atoms with Crippen molar-refractivity contribution in [1.82, 2.24) is 14.7 Å². The molecular weight excluding hydrogens is 502 g/mol. The minimum Gasteiger partial charge on any atom is -0.477 e. The van der Waals surface area contributed by atoms with Gasteiger partial charge in [-0.2, -0.15) is 0 Å². The molecule has 0 radical (unpaired) electrons. The van der Waals surface area contributed by atoms with Crippen LogP contribution < -0.4 is 0 Å². The number of aliphatic carboxylic acids is 1. The molecule has 0 aromatic rings. The van der Waals surface area contributed by atoms with Crippen LogP contribution in [0, 0.1) is 11.8 Å². The second-order valence-electron chi connectivity index (χ2n) is 12.0. The summed E-state index contributed by atoms with van der Waals surface area (Å²) in [4.78, 5) is 57.3. The van der Waals surface area contributed by atoms with Gasteiger partial charge in [-0.05, 0) is 83.0 Å². The van der Waals surface area contributed by atoms with Gasteiger partial charge < -0.3 is 14.9 Å². The first-order chi connectivity index (χ1) is 18.1. The lowest BCUT2D eigenvalue weighted by Crippen LogP contribution is -2.54. The maximum atomic E-state index is 14.2. The molecule has 0 bridgehead atoms. The molecule has 1 atom stereocenters. The predicted molar refractivity (Wildman–Crippen MR) is 146 cm³/mol. The van der Waals surface area contributed by atoms with E-state index in [1.807, 2.05) is 4.90 Å². The van der Waals surface area contributed by atoms with E-state index < -0.39 is 11.5 Å². The normalized spacial score (nSPS) is 34.2. The van der Waals surface area contributed by atoms with Gasteiger partial charge in [0.25, 0.3) is 5.91 Å². The largest absolute Gasteiger partial charge is 0.477 e. The zero-order valence-electron chi connectivity index (χ0n) is 22.9. The highest BCUT2D eigenvalue weighted by molar-refractivity contribution is 8.05. The number of urea groups is 1. The third-order valence-corrected chi connectivity index (χ3v) is 11.2. The molecule has 0 aromatic carbocycles. The molecule has 0 aromatic heterocycles. The Hall–Kier alpha value is -2.29. The number of imide groups is 1. The van der Waals surface area contributed by atoms with Gasteiger partial charge in [0.15, 0.2) is 0 Å². The Labute approximate surface area is 229 Å². The van der Waals surface area contributed by atoms with Crippen LogP contribution in [0.1, 0.15) is 90.4 Å². The first-order valence-corrected chi connectivity index (χ1v) is 15.2. The number of carboxylic acid groups (broad SMARTS) is 1. The number of hydrogen-bond acceptors (Lipinski definition) is 5. The van der Waals surface area contributed by atoms with Gasteiger partial charge in [-0.3, -0.25) is 14.5 Å². The summed E-state index contributed by atoms with van der Waals surface area (Å²) < 4.78 is 0. The molecule has 1 saturated heterocycles. The maximum Gasteiger partial charge on any atom is 0.343 e. The molecule has 5 rings (SSSR count). The summed E-state index contributed by atoms with van der Waals surface area (Å²) in [7, 11) is 3.22. The maximum absolute atomic E-state index is 14.2. The van der Waals surface area contributed by atoms with E-state index in [1.165, 1.54) is 35.7 Å². The van der Waals surface area contributed by atoms with Crippen molar-refractivity contribution >= 4 is 35.6 Å². The smallest absolute Gasteiger partial charge is 0.343 e. The minimum atomic E-state index is -0.954. The van der Waals surface area contributed by atoms with E-state index in [-0.39, 0.29) is 35.1 Å². The second kappa shape index (κ2) is 10.7. The first-order valence-electron chi connectivity index (χ1n) is 14.3. The van der Waals surface area contributed by atoms with Crippen LogP contribution in [-0.2, 0) is 14.4 Å². The number of likely N-dealkylation sites (N-methyl/N-ethyl adjacent to an activating group) is 2. The van der Waals surface area contributed by atoms with Crippen molar-refractivity contribution in [3.05, 3.63) is 22.3 Å². The van der Waals surface area contributed by atoms with E-state index in [9.17, 15) is 24.3 Å². The van der Waals surface area contributed by atoms with E-state index in [2.05, 4.69) is 13.0 Å². The Balaban J connectivity index is 1.44. The molecule has 1 unspecified atom stereocenters. The number of hydrogen-bond donors (Lipinski definition) is 1. The SMILES string of the molecule is CC1CCC(C(=O)N(C2=C(C(=O)O)SC(C3=CCCCC3)C2)C2CCC3(CC2)C(=O)N(C)C(=O)N3C)CC1. The summed E-state index contributed by atoms with van der Waals surface area (Å²) in [5.74, 6) is -0.548. The quantitative estimate of drug-likeness (QED) is 0.381. The fourth-order valence-corrected chi connectivity index (χ4v) is 8.65. The van der Waals surface area contributed by atoms with E-state index in [0.29, 0.717) is 48.6 Å². The van der Waals surface area contributed by atoms with Crippen LogP contribution in [0.4, 0.5) is 4.79 Å². The topological polar surface area (TPSA) is 98.2 Å². The number of nitrogens with zero attached hydrogens (tertiary/aromatic N) is 3. The van der Waals surface area contributed by atoms with Crippen molar-refractivity contribution in [1.29, 1.82) is 0 Å². The summed E-state index contributed by atoms with van der Waals surface area (Å²) in [5, 5.41) is 10.3.